The maximum Gasteiger partial charge on any atom is 0.371 e. The predicted molar refractivity (Wildman–Crippen MR) is 153 cm³/mol. The number of allylic oxidation sites excluding steroid dienone is 5. The fourth-order valence-electron chi connectivity index (χ4n) is 3.67. The summed E-state index contributed by atoms with van der Waals surface area (Å²) in [7, 11) is 0. The Balaban J connectivity index is 1.35. The molecule has 5 aromatic heterocycles. The van der Waals surface area contributed by atoms with E-state index in [1.54, 1.807) is 45.3 Å². The second-order valence-electron chi connectivity index (χ2n) is 7.67. The van der Waals surface area contributed by atoms with Crippen molar-refractivity contribution in [1.29, 1.82) is 0 Å². The Morgan fingerprint density at radius 1 is 0.629 bits per heavy atom. The quantitative estimate of drug-likeness (QED) is 0.205. The van der Waals surface area contributed by atoms with Crippen molar-refractivity contribution in [1.82, 2.24) is 0 Å². The summed E-state index contributed by atoms with van der Waals surface area (Å²) in [4.78, 5) is 4.47. The molecule has 0 spiro atoms. The molecule has 0 aromatic carbocycles. The van der Waals surface area contributed by atoms with Crippen molar-refractivity contribution in [2.45, 2.75) is 0 Å². The molecule has 6 heteroatoms. The third kappa shape index (κ3) is 5.06. The van der Waals surface area contributed by atoms with Gasteiger partial charge >= 0.3 is 11.5 Å². The molecule has 0 amide bonds. The first-order valence-electron chi connectivity index (χ1n) is 11.0. The van der Waals surface area contributed by atoms with Gasteiger partial charge in [0.05, 0.1) is 21.9 Å². The van der Waals surface area contributed by atoms with Crippen molar-refractivity contribution < 1.29 is 9.15 Å². The number of rotatable bonds is 6. The molecule has 2 nitrogen and oxygen atoms in total. The first kappa shape index (κ1) is 22.2. The average molecular weight is 528 g/mol. The van der Waals surface area contributed by atoms with E-state index in [0.717, 1.165) is 53.7 Å². The van der Waals surface area contributed by atoms with Crippen LogP contribution in [0.2, 0.25) is 0 Å². The topological polar surface area (TPSA) is 20.5 Å². The Bertz CT molecular complexity index is 1430. The Morgan fingerprint density at radius 3 is 1.57 bits per heavy atom. The number of hydrogen-bond donors (Lipinski definition) is 0. The maximum atomic E-state index is 6.25. The molecule has 35 heavy (non-hydrogen) atoms. The van der Waals surface area contributed by atoms with Gasteiger partial charge in [-0.15, -0.1) is 45.3 Å². The maximum absolute atomic E-state index is 6.25. The van der Waals surface area contributed by atoms with Crippen LogP contribution >= 0.6 is 45.3 Å². The van der Waals surface area contributed by atoms with E-state index in [2.05, 4.69) is 88.3 Å². The molecule has 5 aromatic rings. The van der Waals surface area contributed by atoms with Gasteiger partial charge in [-0.25, -0.2) is 4.42 Å². The molecule has 170 valence electrons. The third-order valence-electron chi connectivity index (χ3n) is 5.26. The molecule has 0 atom stereocenters. The minimum atomic E-state index is 0.879. The van der Waals surface area contributed by atoms with E-state index >= 15 is 0 Å². The molecule has 0 N–H and O–H groups in total. The van der Waals surface area contributed by atoms with E-state index in [-0.39, 0.29) is 0 Å². The normalized spacial score (nSPS) is 13.5. The lowest BCUT2D eigenvalue weighted by atomic mass is 10.1. The SMILES string of the molecule is C(/C=C/c1cc(-c2cccs2)[o+]c(-c2cccs2)c1)=C1C=C(c2cccs2)OC(c2cccs2)=C1. The Hall–Kier alpha value is -3.29. The second kappa shape index (κ2) is 10.1. The molecule has 6 heterocycles. The summed E-state index contributed by atoms with van der Waals surface area (Å²) >= 11 is 6.72. The molecule has 0 radical (unpaired) electrons. The van der Waals surface area contributed by atoms with Crippen molar-refractivity contribution >= 4 is 62.9 Å². The van der Waals surface area contributed by atoms with Crippen LogP contribution in [0.25, 0.3) is 38.9 Å². The standard InChI is InChI=1S/C29H19O2S4/c1(6-20-16-22(26-8-2-12-32-26)30-23(17-20)27-9-3-13-33-27)7-21-18-24(28-10-4-14-34-28)31-25(19-21)29-11-5-15-35-29/h1-19H/q+1. The fraction of sp³-hybridized carbons (Fsp3) is 0. The summed E-state index contributed by atoms with van der Waals surface area (Å²) in [6.45, 7) is 0. The van der Waals surface area contributed by atoms with E-state index in [4.69, 9.17) is 9.15 Å². The van der Waals surface area contributed by atoms with Crippen LogP contribution in [0.15, 0.2) is 116 Å². The highest BCUT2D eigenvalue weighted by Crippen LogP contribution is 2.36. The lowest BCUT2D eigenvalue weighted by molar-refractivity contribution is 0.470. The molecular weight excluding hydrogens is 509 g/mol. The van der Waals surface area contributed by atoms with Crippen LogP contribution in [0.1, 0.15) is 15.3 Å². The Morgan fingerprint density at radius 2 is 1.11 bits per heavy atom. The van der Waals surface area contributed by atoms with Crippen LogP contribution in [-0.2, 0) is 4.74 Å². The fourth-order valence-corrected chi connectivity index (χ4v) is 6.38. The van der Waals surface area contributed by atoms with Crippen LogP contribution in [0.5, 0.6) is 0 Å². The highest BCUT2D eigenvalue weighted by Gasteiger charge is 2.20. The Labute approximate surface area is 219 Å². The largest absolute Gasteiger partial charge is 0.454 e. The molecule has 0 saturated carbocycles. The lowest BCUT2D eigenvalue weighted by Gasteiger charge is -2.16. The summed E-state index contributed by atoms with van der Waals surface area (Å²) in [6, 6.07) is 20.8. The molecule has 1 aliphatic heterocycles. The molecule has 0 unspecified atom stereocenters. The van der Waals surface area contributed by atoms with Gasteiger partial charge in [-0.2, -0.15) is 0 Å². The first-order valence-corrected chi connectivity index (χ1v) is 14.5. The molecule has 0 fully saturated rings. The Kier molecular flexibility index (Phi) is 6.43. The summed E-state index contributed by atoms with van der Waals surface area (Å²) < 4.78 is 12.5. The van der Waals surface area contributed by atoms with E-state index < -0.39 is 0 Å². The van der Waals surface area contributed by atoms with Gasteiger partial charge in [0.2, 0.25) is 0 Å². The van der Waals surface area contributed by atoms with Gasteiger partial charge in [-0.3, -0.25) is 0 Å². The average Bonchev–Trinajstić information content (AvgIpc) is 3.72. The zero-order valence-electron chi connectivity index (χ0n) is 18.4. The van der Waals surface area contributed by atoms with Crippen molar-refractivity contribution in [2.75, 3.05) is 0 Å². The van der Waals surface area contributed by atoms with E-state index in [1.807, 2.05) is 24.3 Å². The zero-order valence-corrected chi connectivity index (χ0v) is 21.7. The summed E-state index contributed by atoms with van der Waals surface area (Å²) in [6.07, 6.45) is 10.5. The van der Waals surface area contributed by atoms with Crippen molar-refractivity contribution in [3.63, 3.8) is 0 Å². The van der Waals surface area contributed by atoms with Gasteiger partial charge in [0.25, 0.3) is 0 Å². The van der Waals surface area contributed by atoms with Crippen LogP contribution in [0.3, 0.4) is 0 Å². The predicted octanol–water partition coefficient (Wildman–Crippen LogP) is 10.2. The molecule has 0 aliphatic carbocycles. The van der Waals surface area contributed by atoms with Gasteiger partial charge in [0, 0.05) is 0 Å². The number of ether oxygens (including phenoxy) is 1. The van der Waals surface area contributed by atoms with E-state index in [1.165, 1.54) is 0 Å². The minimum absolute atomic E-state index is 0.879. The van der Waals surface area contributed by atoms with Gasteiger partial charge in [0.15, 0.2) is 0 Å². The van der Waals surface area contributed by atoms with Crippen molar-refractivity contribution in [3.8, 4) is 21.3 Å². The van der Waals surface area contributed by atoms with E-state index in [9.17, 15) is 0 Å². The monoisotopic (exact) mass is 527 g/mol. The summed E-state index contributed by atoms with van der Waals surface area (Å²) in [5.74, 6) is 3.51. The summed E-state index contributed by atoms with van der Waals surface area (Å²) in [5.41, 5.74) is 2.19. The van der Waals surface area contributed by atoms with Crippen LogP contribution in [-0.4, -0.2) is 0 Å². The number of thiophene rings is 4. The molecule has 0 saturated heterocycles. The van der Waals surface area contributed by atoms with Gasteiger partial charge in [0.1, 0.15) is 21.3 Å². The smallest absolute Gasteiger partial charge is 0.371 e. The van der Waals surface area contributed by atoms with Gasteiger partial charge in [-0.05, 0) is 69.1 Å². The van der Waals surface area contributed by atoms with Gasteiger partial charge < -0.3 is 4.74 Å². The third-order valence-corrected chi connectivity index (χ3v) is 8.80. The van der Waals surface area contributed by atoms with Crippen LogP contribution in [0, 0.1) is 0 Å². The highest BCUT2D eigenvalue weighted by atomic mass is 32.1. The van der Waals surface area contributed by atoms with Gasteiger partial charge in [-0.1, -0.05) is 42.5 Å². The summed E-state index contributed by atoms with van der Waals surface area (Å²) in [5, 5.41) is 8.29. The molecule has 0 bridgehead atoms. The zero-order chi connectivity index (χ0) is 23.5. The molecular formula is C29H19O2S4+. The van der Waals surface area contributed by atoms with Crippen molar-refractivity contribution in [2.24, 2.45) is 0 Å². The molecule has 6 rings (SSSR count). The minimum Gasteiger partial charge on any atom is -0.454 e. The molecule has 1 aliphatic rings. The van der Waals surface area contributed by atoms with Crippen LogP contribution in [0.4, 0.5) is 0 Å². The van der Waals surface area contributed by atoms with Crippen molar-refractivity contribution in [3.05, 3.63) is 127 Å². The van der Waals surface area contributed by atoms with E-state index in [0.29, 0.717) is 0 Å². The first-order chi connectivity index (χ1) is 17.3. The second-order valence-corrected chi connectivity index (χ2v) is 11.5. The number of hydrogen-bond acceptors (Lipinski definition) is 5. The van der Waals surface area contributed by atoms with Crippen LogP contribution < -0.4 is 0 Å². The lowest BCUT2D eigenvalue weighted by Crippen LogP contribution is -1.96. The highest BCUT2D eigenvalue weighted by molar-refractivity contribution is 7.14.